The lowest BCUT2D eigenvalue weighted by molar-refractivity contribution is -0.302. The smallest absolute Gasteiger partial charge is 0.304 e. The molecule has 48 valence electrons. The van der Waals surface area contributed by atoms with Gasteiger partial charge in [0.1, 0.15) is 0 Å². The van der Waals surface area contributed by atoms with Crippen LogP contribution in [0.5, 0.6) is 0 Å². The molecule has 0 aliphatic carbocycles. The molecule has 0 N–H and O–H groups in total. The lowest BCUT2D eigenvalue weighted by Crippen LogP contribution is -2.16. The second-order valence-corrected chi connectivity index (χ2v) is 4.99. The molecule has 0 bridgehead atoms. The summed E-state index contributed by atoms with van der Waals surface area (Å²) in [5.74, 6) is -1.08. The second-order valence-electron chi connectivity index (χ2n) is 1.99. The van der Waals surface area contributed by atoms with Gasteiger partial charge in [-0.15, -0.1) is 0 Å². The second kappa shape index (κ2) is 6.69. The highest BCUT2D eigenvalue weighted by atomic mass is 28.3. The van der Waals surface area contributed by atoms with Gasteiger partial charge in [0.25, 0.3) is 0 Å². The summed E-state index contributed by atoms with van der Waals surface area (Å²) in [6, 6.07) is 0. The van der Waals surface area contributed by atoms with Crippen LogP contribution < -0.4 is 5.11 Å². The molecule has 0 aromatic heterocycles. The van der Waals surface area contributed by atoms with Gasteiger partial charge in [-0.1, -0.05) is 0 Å². The first-order chi connectivity index (χ1) is 3.46. The minimum atomic E-state index is -1.08. The zero-order valence-corrected chi connectivity index (χ0v) is 6.82. The Kier molecular flexibility index (Phi) is 8.88. The zero-order valence-electron chi connectivity index (χ0n) is 5.82. The van der Waals surface area contributed by atoms with Crippen molar-refractivity contribution in [3.63, 3.8) is 0 Å². The van der Waals surface area contributed by atoms with Gasteiger partial charge in [0, 0.05) is 5.97 Å². The molecule has 0 heterocycles. The van der Waals surface area contributed by atoms with Crippen LogP contribution in [0.1, 0.15) is 6.92 Å². The van der Waals surface area contributed by atoms with Gasteiger partial charge >= 0.3 is 8.80 Å². The van der Waals surface area contributed by atoms with Crippen molar-refractivity contribution in [1.29, 1.82) is 0 Å². The Labute approximate surface area is 52.1 Å². The van der Waals surface area contributed by atoms with Crippen molar-refractivity contribution in [1.82, 2.24) is 0 Å². The maximum atomic E-state index is 8.89. The van der Waals surface area contributed by atoms with Gasteiger partial charge in [-0.05, 0) is 6.92 Å². The first-order valence-electron chi connectivity index (χ1n) is 2.41. The van der Waals surface area contributed by atoms with Crippen molar-refractivity contribution in [3.05, 3.63) is 0 Å². The van der Waals surface area contributed by atoms with E-state index in [4.69, 9.17) is 9.90 Å². The Morgan fingerprint density at radius 3 is 1.38 bits per heavy atom. The SMILES string of the molecule is CC(=O)[O-].C[Si+](C)C. The highest BCUT2D eigenvalue weighted by Gasteiger charge is 1.92. The number of aliphatic carboxylic acids is 1. The molecule has 0 atom stereocenters. The first-order valence-corrected chi connectivity index (χ1v) is 5.41. The van der Waals surface area contributed by atoms with Crippen molar-refractivity contribution in [2.75, 3.05) is 0 Å². The van der Waals surface area contributed by atoms with Crippen LogP contribution in [-0.2, 0) is 4.79 Å². The van der Waals surface area contributed by atoms with Crippen molar-refractivity contribution < 1.29 is 9.90 Å². The molecule has 0 spiro atoms. The fourth-order valence-corrected chi connectivity index (χ4v) is 0. The average Bonchev–Trinajstić information content (AvgIpc) is 1.25. The predicted molar refractivity (Wildman–Crippen MR) is 34.0 cm³/mol. The Hall–Kier alpha value is -0.313. The van der Waals surface area contributed by atoms with E-state index < -0.39 is 5.97 Å². The normalized spacial score (nSPS) is 6.50. The molecule has 0 fully saturated rings. The van der Waals surface area contributed by atoms with Gasteiger partial charge in [-0.3, -0.25) is 0 Å². The van der Waals surface area contributed by atoms with Crippen LogP contribution in [0.2, 0.25) is 19.6 Å². The predicted octanol–water partition coefficient (Wildman–Crippen LogP) is 0.127. The molecule has 0 amide bonds. The number of carbonyl (C=O) groups is 1. The molecule has 0 aromatic carbocycles. The number of rotatable bonds is 0. The van der Waals surface area contributed by atoms with Crippen LogP contribution in [0.3, 0.4) is 0 Å². The van der Waals surface area contributed by atoms with Crippen LogP contribution >= 0.6 is 0 Å². The van der Waals surface area contributed by atoms with Gasteiger partial charge in [0.05, 0.1) is 19.6 Å². The van der Waals surface area contributed by atoms with Crippen LogP contribution in [0, 0.1) is 0 Å². The lowest BCUT2D eigenvalue weighted by Gasteiger charge is -1.77. The molecule has 3 heteroatoms. The minimum absolute atomic E-state index is 0.120. The van der Waals surface area contributed by atoms with E-state index in [0.29, 0.717) is 0 Å². The van der Waals surface area contributed by atoms with Crippen LogP contribution in [0.15, 0.2) is 0 Å². The Bertz CT molecular complexity index is 54.7. The summed E-state index contributed by atoms with van der Waals surface area (Å²) in [7, 11) is 0.120. The monoisotopic (exact) mass is 132 g/mol. The quantitative estimate of drug-likeness (QED) is 0.439. The summed E-state index contributed by atoms with van der Waals surface area (Å²) in [5, 5.41) is 8.89. The van der Waals surface area contributed by atoms with E-state index in [9.17, 15) is 0 Å². The highest BCUT2D eigenvalue weighted by Crippen LogP contribution is 1.68. The van der Waals surface area contributed by atoms with Gasteiger partial charge in [0.2, 0.25) is 0 Å². The first kappa shape index (κ1) is 10.6. The molecule has 0 aliphatic rings. The lowest BCUT2D eigenvalue weighted by atomic mass is 10.9. The number of hydrogen-bond acceptors (Lipinski definition) is 2. The molecule has 0 unspecified atom stereocenters. The van der Waals surface area contributed by atoms with E-state index in [1.165, 1.54) is 0 Å². The third-order valence-electron chi connectivity index (χ3n) is 0. The molecule has 0 aliphatic heterocycles. The number of carboxylic acids is 1. The van der Waals surface area contributed by atoms with Crippen molar-refractivity contribution in [3.8, 4) is 0 Å². The molecular formula is C5H12O2Si. The van der Waals surface area contributed by atoms with E-state index in [0.717, 1.165) is 6.92 Å². The molecular weight excluding hydrogens is 120 g/mol. The summed E-state index contributed by atoms with van der Waals surface area (Å²) in [6.07, 6.45) is 0. The van der Waals surface area contributed by atoms with E-state index in [1.807, 2.05) is 0 Å². The Morgan fingerprint density at radius 1 is 1.38 bits per heavy atom. The zero-order chi connectivity index (χ0) is 7.15. The van der Waals surface area contributed by atoms with Crippen LogP contribution in [0.25, 0.3) is 0 Å². The topological polar surface area (TPSA) is 40.1 Å². The molecule has 0 aromatic rings. The summed E-state index contributed by atoms with van der Waals surface area (Å²) >= 11 is 0. The van der Waals surface area contributed by atoms with E-state index in [2.05, 4.69) is 19.6 Å². The standard InChI is InChI=1S/C3H9Si.C2H4O2/c1-4(2)3;1-2(3)4/h1-3H3;1H3,(H,3,4)/q+1;/p-1. The summed E-state index contributed by atoms with van der Waals surface area (Å²) in [4.78, 5) is 8.89. The third-order valence-corrected chi connectivity index (χ3v) is 0. The molecule has 0 radical (unpaired) electrons. The van der Waals surface area contributed by atoms with Crippen LogP contribution in [-0.4, -0.2) is 14.8 Å². The summed E-state index contributed by atoms with van der Waals surface area (Å²) in [5.41, 5.74) is 0. The molecule has 8 heavy (non-hydrogen) atoms. The third kappa shape index (κ3) is 1270. The Morgan fingerprint density at radius 2 is 1.38 bits per heavy atom. The summed E-state index contributed by atoms with van der Waals surface area (Å²) < 4.78 is 0. The average molecular weight is 132 g/mol. The van der Waals surface area contributed by atoms with E-state index in [1.54, 1.807) is 0 Å². The maximum Gasteiger partial charge on any atom is 0.304 e. The van der Waals surface area contributed by atoms with Gasteiger partial charge in [-0.2, -0.15) is 0 Å². The number of hydrogen-bond donors (Lipinski definition) is 0. The molecule has 0 saturated heterocycles. The molecule has 0 rings (SSSR count). The van der Waals surface area contributed by atoms with Gasteiger partial charge in [0.15, 0.2) is 0 Å². The highest BCUT2D eigenvalue weighted by molar-refractivity contribution is 6.54. The van der Waals surface area contributed by atoms with Crippen molar-refractivity contribution in [2.24, 2.45) is 0 Å². The number of carboxylic acid groups (broad SMARTS) is 1. The van der Waals surface area contributed by atoms with E-state index >= 15 is 0 Å². The van der Waals surface area contributed by atoms with Crippen molar-refractivity contribution >= 4 is 14.8 Å². The van der Waals surface area contributed by atoms with E-state index in [-0.39, 0.29) is 8.80 Å². The number of carbonyl (C=O) groups excluding carboxylic acids is 1. The van der Waals surface area contributed by atoms with Crippen molar-refractivity contribution in [2.45, 2.75) is 26.6 Å². The molecule has 2 nitrogen and oxygen atoms in total. The summed E-state index contributed by atoms with van der Waals surface area (Å²) in [6.45, 7) is 7.78. The van der Waals surface area contributed by atoms with Gasteiger partial charge in [-0.25, -0.2) is 0 Å². The fourth-order valence-electron chi connectivity index (χ4n) is 0. The fraction of sp³-hybridized carbons (Fsp3) is 0.800. The van der Waals surface area contributed by atoms with Gasteiger partial charge < -0.3 is 9.90 Å². The maximum absolute atomic E-state index is 8.89. The Balaban J connectivity index is 0. The largest absolute Gasteiger partial charge is 0.550 e. The molecule has 0 saturated carbocycles. The van der Waals surface area contributed by atoms with Crippen LogP contribution in [0.4, 0.5) is 0 Å². The minimum Gasteiger partial charge on any atom is -0.550 e.